The molecule has 0 radical (unpaired) electrons. The predicted molar refractivity (Wildman–Crippen MR) is 99.5 cm³/mol. The number of methoxy groups -OCH3 is 2. The van der Waals surface area contributed by atoms with E-state index in [-0.39, 0.29) is 24.0 Å². The van der Waals surface area contributed by atoms with Crippen LogP contribution >= 0.6 is 0 Å². The lowest BCUT2D eigenvalue weighted by molar-refractivity contribution is -0.384. The van der Waals surface area contributed by atoms with Crippen molar-refractivity contribution in [1.82, 2.24) is 4.90 Å². The molecule has 2 rings (SSSR count). The van der Waals surface area contributed by atoms with Crippen LogP contribution in [0.25, 0.3) is 0 Å². The second-order valence-corrected chi connectivity index (χ2v) is 5.80. The molecule has 0 aromatic heterocycles. The van der Waals surface area contributed by atoms with Gasteiger partial charge in [-0.15, -0.1) is 0 Å². The van der Waals surface area contributed by atoms with Crippen LogP contribution in [-0.2, 0) is 11.2 Å². The Hall–Kier alpha value is -3.29. The molecule has 2 aromatic rings. The van der Waals surface area contributed by atoms with Gasteiger partial charge in [0.05, 0.1) is 25.2 Å². The minimum atomic E-state index is -0.510. The Bertz CT molecular complexity index is 809. The molecule has 0 aliphatic rings. The van der Waals surface area contributed by atoms with Gasteiger partial charge in [-0.3, -0.25) is 14.9 Å². The van der Waals surface area contributed by atoms with Gasteiger partial charge in [-0.05, 0) is 30.2 Å². The van der Waals surface area contributed by atoms with Crippen molar-refractivity contribution in [3.63, 3.8) is 0 Å². The van der Waals surface area contributed by atoms with Gasteiger partial charge in [-0.2, -0.15) is 0 Å². The molecular weight excluding hydrogens is 352 g/mol. The highest BCUT2D eigenvalue weighted by Gasteiger charge is 2.12. The highest BCUT2D eigenvalue weighted by atomic mass is 16.6. The smallest absolute Gasteiger partial charge is 0.273 e. The van der Waals surface area contributed by atoms with Crippen molar-refractivity contribution in [3.05, 3.63) is 58.1 Å². The molecule has 2 aromatic carbocycles. The van der Waals surface area contributed by atoms with Crippen molar-refractivity contribution in [2.24, 2.45) is 0 Å². The minimum Gasteiger partial charge on any atom is -0.493 e. The van der Waals surface area contributed by atoms with Gasteiger partial charge in [0.1, 0.15) is 5.75 Å². The first-order valence-corrected chi connectivity index (χ1v) is 8.26. The number of ether oxygens (including phenoxy) is 3. The summed E-state index contributed by atoms with van der Waals surface area (Å²) in [7, 11) is 4.83. The SMILES string of the molecule is COc1ccc(CCN(C)C(=O)COc2cccc([N+](=O)[O-])c2)cc1OC. The Labute approximate surface area is 157 Å². The lowest BCUT2D eigenvalue weighted by atomic mass is 10.1. The Balaban J connectivity index is 1.87. The third-order valence-electron chi connectivity index (χ3n) is 4.00. The van der Waals surface area contributed by atoms with Crippen LogP contribution in [0.5, 0.6) is 17.2 Å². The molecule has 0 N–H and O–H groups in total. The number of nitro benzene ring substituents is 1. The third-order valence-corrected chi connectivity index (χ3v) is 4.00. The summed E-state index contributed by atoms with van der Waals surface area (Å²) in [5.41, 5.74) is 0.925. The van der Waals surface area contributed by atoms with E-state index in [0.717, 1.165) is 5.56 Å². The lowest BCUT2D eigenvalue weighted by Gasteiger charge is -2.18. The van der Waals surface area contributed by atoms with Crippen LogP contribution in [0.2, 0.25) is 0 Å². The Morgan fingerprint density at radius 2 is 1.85 bits per heavy atom. The number of nitro groups is 1. The molecule has 0 saturated heterocycles. The molecule has 8 heteroatoms. The number of hydrogen-bond donors (Lipinski definition) is 0. The van der Waals surface area contributed by atoms with E-state index in [1.165, 1.54) is 18.2 Å². The molecule has 0 atom stereocenters. The van der Waals surface area contributed by atoms with Gasteiger partial charge in [0.15, 0.2) is 18.1 Å². The van der Waals surface area contributed by atoms with Gasteiger partial charge in [-0.25, -0.2) is 0 Å². The number of non-ortho nitro benzene ring substituents is 1. The van der Waals surface area contributed by atoms with Crippen LogP contribution in [-0.4, -0.2) is 50.1 Å². The Kier molecular flexibility index (Phi) is 6.99. The number of hydrogen-bond acceptors (Lipinski definition) is 6. The molecular formula is C19H22N2O6. The van der Waals surface area contributed by atoms with Crippen molar-refractivity contribution in [1.29, 1.82) is 0 Å². The number of rotatable bonds is 9. The van der Waals surface area contributed by atoms with Gasteiger partial charge in [0, 0.05) is 19.7 Å². The number of likely N-dealkylation sites (N-methyl/N-ethyl adjacent to an activating group) is 1. The maximum atomic E-state index is 12.2. The van der Waals surface area contributed by atoms with Gasteiger partial charge < -0.3 is 19.1 Å². The highest BCUT2D eigenvalue weighted by Crippen LogP contribution is 2.27. The normalized spacial score (nSPS) is 10.2. The first kappa shape index (κ1) is 20.0. The van der Waals surface area contributed by atoms with Crippen LogP contribution in [0.1, 0.15) is 5.56 Å². The van der Waals surface area contributed by atoms with Crippen LogP contribution in [0.3, 0.4) is 0 Å². The summed E-state index contributed by atoms with van der Waals surface area (Å²) in [5, 5.41) is 10.8. The molecule has 0 aliphatic carbocycles. The molecule has 144 valence electrons. The fourth-order valence-electron chi connectivity index (χ4n) is 2.40. The zero-order valence-electron chi connectivity index (χ0n) is 15.5. The van der Waals surface area contributed by atoms with Crippen LogP contribution in [0, 0.1) is 10.1 Å². The first-order valence-electron chi connectivity index (χ1n) is 8.26. The average Bonchev–Trinajstić information content (AvgIpc) is 2.69. The molecule has 0 saturated carbocycles. The largest absolute Gasteiger partial charge is 0.493 e. The molecule has 0 bridgehead atoms. The molecule has 0 unspecified atom stereocenters. The van der Waals surface area contributed by atoms with E-state index in [0.29, 0.717) is 24.5 Å². The number of amides is 1. The maximum Gasteiger partial charge on any atom is 0.273 e. The highest BCUT2D eigenvalue weighted by molar-refractivity contribution is 5.77. The quantitative estimate of drug-likeness (QED) is 0.495. The van der Waals surface area contributed by atoms with E-state index in [4.69, 9.17) is 14.2 Å². The Morgan fingerprint density at radius 3 is 2.52 bits per heavy atom. The standard InChI is InChI=1S/C19H22N2O6/c1-20(10-9-14-7-8-17(25-2)18(11-14)26-3)19(22)13-27-16-6-4-5-15(12-16)21(23)24/h4-8,11-12H,9-10,13H2,1-3H3. The van der Waals surface area contributed by atoms with Crippen molar-refractivity contribution in [3.8, 4) is 17.2 Å². The lowest BCUT2D eigenvalue weighted by Crippen LogP contribution is -2.33. The topological polar surface area (TPSA) is 91.1 Å². The predicted octanol–water partition coefficient (Wildman–Crippen LogP) is 2.69. The zero-order chi connectivity index (χ0) is 19.8. The minimum absolute atomic E-state index is 0.0817. The zero-order valence-corrected chi connectivity index (χ0v) is 15.5. The van der Waals surface area contributed by atoms with E-state index < -0.39 is 4.92 Å². The fraction of sp³-hybridized carbons (Fsp3) is 0.316. The summed E-state index contributed by atoms with van der Waals surface area (Å²) < 4.78 is 15.8. The van der Waals surface area contributed by atoms with Crippen molar-refractivity contribution in [2.75, 3.05) is 34.4 Å². The molecule has 8 nitrogen and oxygen atoms in total. The van der Waals surface area contributed by atoms with Gasteiger partial charge in [0.2, 0.25) is 0 Å². The molecule has 0 aliphatic heterocycles. The third kappa shape index (κ3) is 5.60. The summed E-state index contributed by atoms with van der Waals surface area (Å²) in [4.78, 5) is 24.0. The number of carbonyl (C=O) groups is 1. The molecule has 27 heavy (non-hydrogen) atoms. The van der Waals surface area contributed by atoms with Gasteiger partial charge in [0.25, 0.3) is 11.6 Å². The summed E-state index contributed by atoms with van der Waals surface area (Å²) in [6, 6.07) is 11.3. The molecule has 0 heterocycles. The molecule has 0 spiro atoms. The second kappa shape index (κ2) is 9.42. The van der Waals surface area contributed by atoms with Gasteiger partial charge >= 0.3 is 0 Å². The van der Waals surface area contributed by atoms with E-state index in [1.807, 2.05) is 18.2 Å². The number of nitrogens with zero attached hydrogens (tertiary/aromatic N) is 2. The van der Waals surface area contributed by atoms with E-state index in [9.17, 15) is 14.9 Å². The average molecular weight is 374 g/mol. The van der Waals surface area contributed by atoms with E-state index in [1.54, 1.807) is 32.2 Å². The fourth-order valence-corrected chi connectivity index (χ4v) is 2.40. The van der Waals surface area contributed by atoms with Crippen molar-refractivity contribution < 1.29 is 23.9 Å². The molecule has 1 amide bonds. The van der Waals surface area contributed by atoms with E-state index in [2.05, 4.69) is 0 Å². The van der Waals surface area contributed by atoms with Crippen molar-refractivity contribution in [2.45, 2.75) is 6.42 Å². The Morgan fingerprint density at radius 1 is 1.11 bits per heavy atom. The number of carbonyl (C=O) groups excluding carboxylic acids is 1. The summed E-state index contributed by atoms with van der Waals surface area (Å²) >= 11 is 0. The molecule has 0 fully saturated rings. The van der Waals surface area contributed by atoms with Crippen LogP contribution < -0.4 is 14.2 Å². The summed E-state index contributed by atoms with van der Waals surface area (Å²) in [6.45, 7) is 0.302. The second-order valence-electron chi connectivity index (χ2n) is 5.80. The van der Waals surface area contributed by atoms with E-state index >= 15 is 0 Å². The van der Waals surface area contributed by atoms with Crippen LogP contribution in [0.4, 0.5) is 5.69 Å². The maximum absolute atomic E-state index is 12.2. The monoisotopic (exact) mass is 374 g/mol. The van der Waals surface area contributed by atoms with Crippen LogP contribution in [0.15, 0.2) is 42.5 Å². The first-order chi connectivity index (χ1) is 12.9. The summed E-state index contributed by atoms with van der Waals surface area (Å²) in [6.07, 6.45) is 0.638. The number of benzene rings is 2. The van der Waals surface area contributed by atoms with Crippen molar-refractivity contribution >= 4 is 11.6 Å². The van der Waals surface area contributed by atoms with Gasteiger partial charge in [-0.1, -0.05) is 12.1 Å². The summed E-state index contributed by atoms with van der Waals surface area (Å²) in [5.74, 6) is 1.35.